The van der Waals surface area contributed by atoms with Gasteiger partial charge in [0.25, 0.3) is 5.91 Å². The highest BCUT2D eigenvalue weighted by Gasteiger charge is 2.30. The van der Waals surface area contributed by atoms with Crippen molar-refractivity contribution in [3.8, 4) is 5.75 Å². The Balaban J connectivity index is 1.71. The van der Waals surface area contributed by atoms with Crippen molar-refractivity contribution in [3.05, 3.63) is 83.2 Å². The van der Waals surface area contributed by atoms with E-state index in [-0.39, 0.29) is 17.2 Å². The number of rotatable bonds is 6. The minimum Gasteiger partial charge on any atom is -0.496 e. The second-order valence-corrected chi connectivity index (χ2v) is 7.05. The van der Waals surface area contributed by atoms with Crippen molar-refractivity contribution in [2.45, 2.75) is 19.4 Å². The molecule has 0 bridgehead atoms. The monoisotopic (exact) mass is 418 g/mol. The van der Waals surface area contributed by atoms with Crippen LogP contribution in [0.3, 0.4) is 0 Å². The number of hydrogen-bond donors (Lipinski definition) is 3. The van der Waals surface area contributed by atoms with E-state index in [0.29, 0.717) is 17.3 Å². The first-order valence-corrected chi connectivity index (χ1v) is 9.84. The summed E-state index contributed by atoms with van der Waals surface area (Å²) in [6.07, 6.45) is 3.88. The van der Waals surface area contributed by atoms with Gasteiger partial charge in [0.05, 0.1) is 13.3 Å². The number of para-hydroxylation sites is 1. The molecule has 31 heavy (non-hydrogen) atoms. The van der Waals surface area contributed by atoms with Gasteiger partial charge in [-0.15, -0.1) is 0 Å². The Morgan fingerprint density at radius 3 is 2.61 bits per heavy atom. The van der Waals surface area contributed by atoms with Crippen LogP contribution in [0, 0.1) is 0 Å². The molecule has 3 N–H and O–H groups in total. The maximum absolute atomic E-state index is 12.9. The number of nitrogens with one attached hydrogen (secondary N) is 2. The Labute approximate surface area is 179 Å². The Morgan fingerprint density at radius 1 is 1.19 bits per heavy atom. The highest BCUT2D eigenvalue weighted by molar-refractivity contribution is 6.08. The molecule has 0 fully saturated rings. The van der Waals surface area contributed by atoms with E-state index in [1.165, 1.54) is 11.8 Å². The number of amides is 1. The topological polar surface area (TPSA) is 105 Å². The average molecular weight is 418 g/mol. The number of methoxy groups -OCH3 is 1. The number of benzene rings is 2. The lowest BCUT2D eigenvalue weighted by molar-refractivity contribution is -0.132. The van der Waals surface area contributed by atoms with Gasteiger partial charge in [0.15, 0.2) is 0 Å². The number of nitrogens with zero attached hydrogens (tertiary/aromatic N) is 2. The van der Waals surface area contributed by atoms with Crippen LogP contribution in [0.15, 0.2) is 66.5 Å². The molecular formula is C23H22N4O4. The minimum atomic E-state index is -1.13. The molecule has 3 aromatic rings. The highest BCUT2D eigenvalue weighted by atomic mass is 16.5. The summed E-state index contributed by atoms with van der Waals surface area (Å²) in [5.41, 5.74) is 2.75. The summed E-state index contributed by atoms with van der Waals surface area (Å²) in [6, 6.07) is 14.3. The van der Waals surface area contributed by atoms with Crippen LogP contribution < -0.4 is 15.4 Å². The van der Waals surface area contributed by atoms with Crippen molar-refractivity contribution in [2.24, 2.45) is 0 Å². The van der Waals surface area contributed by atoms with Gasteiger partial charge in [-0.1, -0.05) is 37.3 Å². The second kappa shape index (κ2) is 8.35. The molecule has 4 rings (SSSR count). The van der Waals surface area contributed by atoms with Crippen molar-refractivity contribution >= 4 is 23.4 Å². The van der Waals surface area contributed by atoms with Crippen molar-refractivity contribution in [3.63, 3.8) is 0 Å². The summed E-state index contributed by atoms with van der Waals surface area (Å²) < 4.78 is 7.03. The van der Waals surface area contributed by atoms with Crippen molar-refractivity contribution in [1.82, 2.24) is 9.78 Å². The largest absolute Gasteiger partial charge is 0.496 e. The fourth-order valence-corrected chi connectivity index (χ4v) is 3.54. The number of anilines is 2. The molecule has 0 saturated heterocycles. The summed E-state index contributed by atoms with van der Waals surface area (Å²) in [6.45, 7) is 2.06. The summed E-state index contributed by atoms with van der Waals surface area (Å²) in [7, 11) is 1.55. The number of allylic oxidation sites excluding steroid dienone is 1. The van der Waals surface area contributed by atoms with Crippen LogP contribution in [0.1, 0.15) is 34.5 Å². The van der Waals surface area contributed by atoms with Gasteiger partial charge in [-0.2, -0.15) is 5.10 Å². The lowest BCUT2D eigenvalue weighted by Gasteiger charge is -2.25. The predicted molar refractivity (Wildman–Crippen MR) is 116 cm³/mol. The number of ether oxygens (including phenoxy) is 1. The number of aromatic nitrogens is 2. The van der Waals surface area contributed by atoms with Gasteiger partial charge < -0.3 is 20.5 Å². The molecule has 0 spiro atoms. The van der Waals surface area contributed by atoms with E-state index in [0.717, 1.165) is 12.0 Å². The van der Waals surface area contributed by atoms with E-state index >= 15 is 0 Å². The fourth-order valence-electron chi connectivity index (χ4n) is 3.54. The number of fused-ring (bicyclic) bond motifs is 1. The predicted octanol–water partition coefficient (Wildman–Crippen LogP) is 3.69. The van der Waals surface area contributed by atoms with Crippen LogP contribution in [-0.4, -0.2) is 33.9 Å². The second-order valence-electron chi connectivity index (χ2n) is 7.05. The number of aryl methyl sites for hydroxylation is 1. The number of aliphatic carboxylic acids is 1. The maximum atomic E-state index is 12.9. The van der Waals surface area contributed by atoms with Gasteiger partial charge in [0, 0.05) is 11.3 Å². The molecule has 158 valence electrons. The maximum Gasteiger partial charge on any atom is 0.352 e. The van der Waals surface area contributed by atoms with E-state index in [1.807, 2.05) is 42.5 Å². The van der Waals surface area contributed by atoms with Gasteiger partial charge in [0.1, 0.15) is 28.9 Å². The van der Waals surface area contributed by atoms with Crippen molar-refractivity contribution in [1.29, 1.82) is 0 Å². The van der Waals surface area contributed by atoms with E-state index in [1.54, 1.807) is 23.9 Å². The van der Waals surface area contributed by atoms with Crippen LogP contribution in [0.25, 0.3) is 0 Å². The average Bonchev–Trinajstić information content (AvgIpc) is 3.23. The number of carboxylic acids is 1. The standard InChI is InChI=1S/C23H22N4O4/c1-3-14-8-10-15(11-9-14)25-22(28)17-13-24-27-19(12-18(23(29)30)26-21(17)27)16-6-4-5-7-20(16)31-2/h4-13,19,26H,3H2,1-2H3,(H,25,28)(H,29,30)/t19-/m1/s1. The zero-order valence-corrected chi connectivity index (χ0v) is 17.1. The molecule has 1 atom stereocenters. The first-order chi connectivity index (χ1) is 15.0. The molecule has 1 aromatic heterocycles. The molecule has 1 aliphatic heterocycles. The Kier molecular flexibility index (Phi) is 5.44. The van der Waals surface area contributed by atoms with E-state index in [9.17, 15) is 14.7 Å². The molecule has 1 amide bonds. The van der Waals surface area contributed by atoms with Crippen molar-refractivity contribution in [2.75, 3.05) is 17.7 Å². The lowest BCUT2D eigenvalue weighted by atomic mass is 10.0. The molecular weight excluding hydrogens is 396 g/mol. The molecule has 8 heteroatoms. The number of carboxylic acid groups (broad SMARTS) is 1. The van der Waals surface area contributed by atoms with Crippen LogP contribution in [-0.2, 0) is 11.2 Å². The SMILES string of the molecule is CCc1ccc(NC(=O)c2cnn3c2NC(C(=O)O)=C[C@@H]3c2ccccc2OC)cc1. The summed E-state index contributed by atoms with van der Waals surface area (Å²) in [5, 5.41) is 19.7. The lowest BCUT2D eigenvalue weighted by Crippen LogP contribution is -2.26. The Morgan fingerprint density at radius 2 is 1.94 bits per heavy atom. The number of carbonyl (C=O) groups is 2. The van der Waals surface area contributed by atoms with Gasteiger partial charge in [0.2, 0.25) is 0 Å². The third-order valence-corrected chi connectivity index (χ3v) is 5.19. The first kappa shape index (κ1) is 20.2. The Hall–Kier alpha value is -4.07. The van der Waals surface area contributed by atoms with Crippen molar-refractivity contribution < 1.29 is 19.4 Å². The summed E-state index contributed by atoms with van der Waals surface area (Å²) in [4.78, 5) is 24.7. The fraction of sp³-hybridized carbons (Fsp3) is 0.174. The molecule has 0 unspecified atom stereocenters. The summed E-state index contributed by atoms with van der Waals surface area (Å²) >= 11 is 0. The summed E-state index contributed by atoms with van der Waals surface area (Å²) in [5.74, 6) is -0.616. The zero-order valence-electron chi connectivity index (χ0n) is 17.1. The quantitative estimate of drug-likeness (QED) is 0.564. The van der Waals surface area contributed by atoms with Gasteiger partial charge in [-0.25, -0.2) is 9.48 Å². The molecule has 8 nitrogen and oxygen atoms in total. The number of hydrogen-bond acceptors (Lipinski definition) is 5. The molecule has 0 radical (unpaired) electrons. The third-order valence-electron chi connectivity index (χ3n) is 5.19. The van der Waals surface area contributed by atoms with Crippen LogP contribution in [0.4, 0.5) is 11.5 Å². The highest BCUT2D eigenvalue weighted by Crippen LogP contribution is 2.36. The molecule has 2 aromatic carbocycles. The van der Waals surface area contributed by atoms with E-state index in [2.05, 4.69) is 22.7 Å². The van der Waals surface area contributed by atoms with Crippen LogP contribution in [0.5, 0.6) is 5.75 Å². The normalized spacial score (nSPS) is 14.8. The first-order valence-electron chi connectivity index (χ1n) is 9.84. The van der Waals surface area contributed by atoms with Crippen LogP contribution >= 0.6 is 0 Å². The molecule has 1 aliphatic rings. The smallest absolute Gasteiger partial charge is 0.352 e. The Bertz CT molecular complexity index is 1160. The van der Waals surface area contributed by atoms with Crippen LogP contribution in [0.2, 0.25) is 0 Å². The molecule has 0 aliphatic carbocycles. The molecule has 2 heterocycles. The third kappa shape index (κ3) is 3.87. The van der Waals surface area contributed by atoms with Gasteiger partial charge in [-0.3, -0.25) is 4.79 Å². The van der Waals surface area contributed by atoms with Gasteiger partial charge >= 0.3 is 5.97 Å². The minimum absolute atomic E-state index is 0.0368. The number of carbonyl (C=O) groups excluding carboxylic acids is 1. The van der Waals surface area contributed by atoms with E-state index in [4.69, 9.17) is 4.74 Å². The zero-order chi connectivity index (χ0) is 22.0. The van der Waals surface area contributed by atoms with E-state index < -0.39 is 12.0 Å². The van der Waals surface area contributed by atoms with Gasteiger partial charge in [-0.05, 0) is 36.3 Å². The molecule has 0 saturated carbocycles.